The average Bonchev–Trinajstić information content (AvgIpc) is 2.85. The standard InChI is InChI=1S/C13H17N5O/c1-17(9-11-5-3-4-6-15-11)13(19)12(14)10-7-16-18(2)8-10/h3-8,12H,9,14H2,1-2H3. The Bertz CT molecular complexity index is 551. The second-order valence-corrected chi connectivity index (χ2v) is 4.44. The van der Waals surface area contributed by atoms with Crippen molar-refractivity contribution in [3.05, 3.63) is 48.0 Å². The first-order valence-electron chi connectivity index (χ1n) is 5.97. The SMILES string of the molecule is CN(Cc1ccccn1)C(=O)C(N)c1cnn(C)c1. The Morgan fingerprint density at radius 3 is 2.89 bits per heavy atom. The minimum Gasteiger partial charge on any atom is -0.338 e. The molecule has 100 valence electrons. The van der Waals surface area contributed by atoms with Crippen molar-refractivity contribution in [1.82, 2.24) is 19.7 Å². The van der Waals surface area contributed by atoms with Crippen molar-refractivity contribution in [1.29, 1.82) is 0 Å². The highest BCUT2D eigenvalue weighted by Crippen LogP contribution is 2.12. The summed E-state index contributed by atoms with van der Waals surface area (Å²) in [5.41, 5.74) is 7.48. The number of rotatable bonds is 4. The van der Waals surface area contributed by atoms with Crippen LogP contribution in [0.25, 0.3) is 0 Å². The van der Waals surface area contributed by atoms with Gasteiger partial charge in [-0.3, -0.25) is 14.5 Å². The lowest BCUT2D eigenvalue weighted by atomic mass is 10.1. The maximum absolute atomic E-state index is 12.2. The first-order valence-corrected chi connectivity index (χ1v) is 5.97. The van der Waals surface area contributed by atoms with Crippen LogP contribution in [0, 0.1) is 0 Å². The van der Waals surface area contributed by atoms with Crippen molar-refractivity contribution < 1.29 is 4.79 Å². The van der Waals surface area contributed by atoms with E-state index < -0.39 is 6.04 Å². The maximum atomic E-state index is 12.2. The van der Waals surface area contributed by atoms with Gasteiger partial charge in [0.25, 0.3) is 0 Å². The Hall–Kier alpha value is -2.21. The van der Waals surface area contributed by atoms with Gasteiger partial charge in [-0.15, -0.1) is 0 Å². The van der Waals surface area contributed by atoms with Gasteiger partial charge in [0.05, 0.1) is 18.4 Å². The number of amides is 1. The van der Waals surface area contributed by atoms with Gasteiger partial charge in [0.15, 0.2) is 0 Å². The van der Waals surface area contributed by atoms with Crippen LogP contribution in [0.3, 0.4) is 0 Å². The summed E-state index contributed by atoms with van der Waals surface area (Å²) in [6.07, 6.45) is 5.06. The molecule has 0 aliphatic heterocycles. The molecule has 0 fully saturated rings. The fraction of sp³-hybridized carbons (Fsp3) is 0.308. The molecule has 2 heterocycles. The van der Waals surface area contributed by atoms with Gasteiger partial charge in [-0.25, -0.2) is 0 Å². The molecule has 1 unspecified atom stereocenters. The van der Waals surface area contributed by atoms with Crippen LogP contribution in [0.2, 0.25) is 0 Å². The predicted molar refractivity (Wildman–Crippen MR) is 70.8 cm³/mol. The third-order valence-corrected chi connectivity index (χ3v) is 2.85. The number of nitrogens with zero attached hydrogens (tertiary/aromatic N) is 4. The summed E-state index contributed by atoms with van der Waals surface area (Å²) in [5.74, 6) is -0.154. The van der Waals surface area contributed by atoms with Crippen LogP contribution < -0.4 is 5.73 Å². The molecule has 19 heavy (non-hydrogen) atoms. The van der Waals surface area contributed by atoms with E-state index in [2.05, 4.69) is 10.1 Å². The maximum Gasteiger partial charge on any atom is 0.244 e. The normalized spacial score (nSPS) is 12.2. The van der Waals surface area contributed by atoms with Crippen LogP contribution in [-0.2, 0) is 18.4 Å². The van der Waals surface area contributed by atoms with E-state index in [1.807, 2.05) is 18.2 Å². The largest absolute Gasteiger partial charge is 0.338 e. The topological polar surface area (TPSA) is 77.0 Å². The first-order chi connectivity index (χ1) is 9.08. The lowest BCUT2D eigenvalue weighted by molar-refractivity contribution is -0.132. The Kier molecular flexibility index (Phi) is 3.91. The van der Waals surface area contributed by atoms with Crippen LogP contribution in [0.15, 0.2) is 36.8 Å². The number of nitrogens with two attached hydrogens (primary N) is 1. The van der Waals surface area contributed by atoms with Gasteiger partial charge < -0.3 is 10.6 Å². The quantitative estimate of drug-likeness (QED) is 0.866. The van der Waals surface area contributed by atoms with E-state index in [0.29, 0.717) is 12.1 Å². The van der Waals surface area contributed by atoms with E-state index in [9.17, 15) is 4.79 Å². The Labute approximate surface area is 111 Å². The molecule has 0 aromatic carbocycles. The molecular weight excluding hydrogens is 242 g/mol. The van der Waals surface area contributed by atoms with Crippen molar-refractivity contribution in [2.45, 2.75) is 12.6 Å². The summed E-state index contributed by atoms with van der Waals surface area (Å²) in [5, 5.41) is 4.02. The Balaban J connectivity index is 2.03. The molecule has 6 nitrogen and oxygen atoms in total. The van der Waals surface area contributed by atoms with Gasteiger partial charge in [-0.1, -0.05) is 6.07 Å². The fourth-order valence-corrected chi connectivity index (χ4v) is 1.79. The molecule has 0 spiro atoms. The van der Waals surface area contributed by atoms with E-state index in [4.69, 9.17) is 5.73 Å². The number of hydrogen-bond donors (Lipinski definition) is 1. The third kappa shape index (κ3) is 3.17. The number of aryl methyl sites for hydroxylation is 1. The van der Waals surface area contributed by atoms with Crippen molar-refractivity contribution in [2.75, 3.05) is 7.05 Å². The smallest absolute Gasteiger partial charge is 0.244 e. The second kappa shape index (κ2) is 5.62. The van der Waals surface area contributed by atoms with Crippen molar-refractivity contribution in [2.24, 2.45) is 12.8 Å². The fourth-order valence-electron chi connectivity index (χ4n) is 1.79. The van der Waals surface area contributed by atoms with E-state index in [1.165, 1.54) is 0 Å². The molecule has 1 amide bonds. The molecule has 2 aromatic heterocycles. The lowest BCUT2D eigenvalue weighted by Crippen LogP contribution is -2.35. The van der Waals surface area contributed by atoms with Gasteiger partial charge in [-0.2, -0.15) is 5.10 Å². The van der Waals surface area contributed by atoms with Gasteiger partial charge in [-0.05, 0) is 12.1 Å². The summed E-state index contributed by atoms with van der Waals surface area (Å²) < 4.78 is 1.63. The highest BCUT2D eigenvalue weighted by molar-refractivity contribution is 5.82. The number of hydrogen-bond acceptors (Lipinski definition) is 4. The van der Waals surface area contributed by atoms with Gasteiger partial charge in [0.2, 0.25) is 5.91 Å². The number of pyridine rings is 1. The zero-order valence-corrected chi connectivity index (χ0v) is 11.0. The molecule has 0 saturated heterocycles. The summed E-state index contributed by atoms with van der Waals surface area (Å²) >= 11 is 0. The molecule has 0 bridgehead atoms. The molecule has 0 aliphatic carbocycles. The van der Waals surface area contributed by atoms with Crippen LogP contribution in [0.4, 0.5) is 0 Å². The van der Waals surface area contributed by atoms with Gasteiger partial charge >= 0.3 is 0 Å². The van der Waals surface area contributed by atoms with E-state index in [-0.39, 0.29) is 5.91 Å². The number of carbonyl (C=O) groups excluding carboxylic acids is 1. The Morgan fingerprint density at radius 1 is 1.53 bits per heavy atom. The van der Waals surface area contributed by atoms with Gasteiger partial charge in [0.1, 0.15) is 6.04 Å². The number of carbonyl (C=O) groups is 1. The molecular formula is C13H17N5O. The zero-order valence-electron chi connectivity index (χ0n) is 11.0. The van der Waals surface area contributed by atoms with Crippen LogP contribution in [-0.4, -0.2) is 32.6 Å². The molecule has 0 aliphatic rings. The molecule has 1 atom stereocenters. The minimum atomic E-state index is -0.692. The minimum absolute atomic E-state index is 0.154. The number of likely N-dealkylation sites (N-methyl/N-ethyl adjacent to an activating group) is 1. The zero-order chi connectivity index (χ0) is 13.8. The first kappa shape index (κ1) is 13.2. The number of aromatic nitrogens is 3. The molecule has 2 aromatic rings. The second-order valence-electron chi connectivity index (χ2n) is 4.44. The van der Waals surface area contributed by atoms with Crippen molar-refractivity contribution >= 4 is 5.91 Å². The Morgan fingerprint density at radius 2 is 2.32 bits per heavy atom. The molecule has 2 N–H and O–H groups in total. The highest BCUT2D eigenvalue weighted by atomic mass is 16.2. The van der Waals surface area contributed by atoms with E-state index in [1.54, 1.807) is 42.3 Å². The third-order valence-electron chi connectivity index (χ3n) is 2.85. The predicted octanol–water partition coefficient (Wildman–Crippen LogP) is 0.473. The summed E-state index contributed by atoms with van der Waals surface area (Å²) in [4.78, 5) is 17.9. The highest BCUT2D eigenvalue weighted by Gasteiger charge is 2.21. The van der Waals surface area contributed by atoms with E-state index >= 15 is 0 Å². The molecule has 0 radical (unpaired) electrons. The molecule has 2 rings (SSSR count). The summed E-state index contributed by atoms with van der Waals surface area (Å²) in [6, 6.07) is 4.91. The van der Waals surface area contributed by atoms with Crippen molar-refractivity contribution in [3.63, 3.8) is 0 Å². The van der Waals surface area contributed by atoms with Crippen LogP contribution >= 0.6 is 0 Å². The lowest BCUT2D eigenvalue weighted by Gasteiger charge is -2.20. The van der Waals surface area contributed by atoms with Crippen LogP contribution in [0.5, 0.6) is 0 Å². The van der Waals surface area contributed by atoms with Crippen LogP contribution in [0.1, 0.15) is 17.3 Å². The average molecular weight is 259 g/mol. The monoisotopic (exact) mass is 259 g/mol. The summed E-state index contributed by atoms with van der Waals surface area (Å²) in [7, 11) is 3.51. The molecule has 6 heteroatoms. The molecule has 0 saturated carbocycles. The van der Waals surface area contributed by atoms with E-state index in [0.717, 1.165) is 5.69 Å². The summed E-state index contributed by atoms with van der Waals surface area (Å²) in [6.45, 7) is 0.438. The van der Waals surface area contributed by atoms with Gasteiger partial charge in [0, 0.05) is 32.1 Å². The van der Waals surface area contributed by atoms with Crippen molar-refractivity contribution in [3.8, 4) is 0 Å².